The molecule has 0 atom stereocenters. The zero-order valence-corrected chi connectivity index (χ0v) is 11.4. The average molecular weight is 316 g/mol. The molecule has 8 nitrogen and oxygen atoms in total. The lowest BCUT2D eigenvalue weighted by molar-refractivity contribution is 0.559. The highest BCUT2D eigenvalue weighted by Gasteiger charge is 1.58. The van der Waals surface area contributed by atoms with Gasteiger partial charge in [-0.25, -0.2) is 0 Å². The number of aliphatic hydroxyl groups excluding tert-OH is 2. The first-order valence-electron chi connectivity index (χ1n) is 3.87. The summed E-state index contributed by atoms with van der Waals surface area (Å²) in [5.74, 6) is 0. The van der Waals surface area contributed by atoms with E-state index in [0.717, 1.165) is 0 Å². The van der Waals surface area contributed by atoms with E-state index in [1.54, 1.807) is 12.4 Å². The molecule has 118 valence electrons. The third-order valence-electron chi connectivity index (χ3n) is 0.406. The van der Waals surface area contributed by atoms with Gasteiger partial charge < -0.3 is 33.1 Å². The summed E-state index contributed by atoms with van der Waals surface area (Å²) in [4.78, 5) is 0. The molecule has 19 heavy (non-hydrogen) atoms. The van der Waals surface area contributed by atoms with Crippen molar-refractivity contribution in [3.8, 4) is 0 Å². The van der Waals surface area contributed by atoms with E-state index in [9.17, 15) is 0 Å². The number of aromatic amines is 1. The summed E-state index contributed by atoms with van der Waals surface area (Å²) in [6.45, 7) is 0. The summed E-state index contributed by atoms with van der Waals surface area (Å²) < 4.78 is 0. The number of hydrogen-bond acceptors (Lipinski definition) is 5. The summed E-state index contributed by atoms with van der Waals surface area (Å²) in [5.41, 5.74) is 8.80. The number of aromatic nitrogens is 2. The van der Waals surface area contributed by atoms with E-state index in [1.165, 1.54) is 0 Å². The Labute approximate surface area is 126 Å². The van der Waals surface area contributed by atoms with Crippen molar-refractivity contribution in [2.75, 3.05) is 14.1 Å². The Kier molecular flexibility index (Phi) is 68.2. The monoisotopic (exact) mass is 316 g/mol. The van der Waals surface area contributed by atoms with E-state index >= 15 is 0 Å². The van der Waals surface area contributed by atoms with Gasteiger partial charge >= 0.3 is 0 Å². The van der Waals surface area contributed by atoms with Gasteiger partial charge in [0.1, 0.15) is 0 Å². The molecule has 0 bridgehead atoms. The number of nitrogens with one attached hydrogen (secondary N) is 2. The third kappa shape index (κ3) is 282. The largest absolute Gasteiger partial charge is 0.487 e. The quantitative estimate of drug-likeness (QED) is 0.348. The maximum absolute atomic E-state index is 7.56. The second-order valence-electron chi connectivity index (χ2n) is 1.94. The summed E-state index contributed by atoms with van der Waals surface area (Å²) in [7, 11) is 3.75. The van der Waals surface area contributed by atoms with Crippen molar-refractivity contribution in [3.63, 3.8) is 0 Å². The standard InChI is InChI=1S/C3H4N2.C2H7N.2CH3NOS.2CH4.H3N/c1-2-4-5-3-1;1-3-2;2*2-1(3)4;;;/h1-3H,(H,4,5);3H,1-2H3;2*(H3,2,3,4);2*1H4;1H3. The van der Waals surface area contributed by atoms with E-state index in [1.807, 2.05) is 20.2 Å². The molecular formula is C9H28N6O2S2. The van der Waals surface area contributed by atoms with Gasteiger partial charge in [-0.05, 0) is 44.6 Å². The lowest BCUT2D eigenvalue weighted by Gasteiger charge is -1.67. The van der Waals surface area contributed by atoms with Crippen molar-refractivity contribution < 1.29 is 10.2 Å². The van der Waals surface area contributed by atoms with Crippen LogP contribution in [0.1, 0.15) is 14.9 Å². The lowest BCUT2D eigenvalue weighted by Crippen LogP contribution is -2.03. The molecule has 0 radical (unpaired) electrons. The molecule has 0 saturated carbocycles. The summed E-state index contributed by atoms with van der Waals surface area (Å²) in [6, 6.07) is 1.83. The van der Waals surface area contributed by atoms with Crippen LogP contribution in [-0.2, 0) is 0 Å². The highest BCUT2D eigenvalue weighted by atomic mass is 32.1. The number of rotatable bonds is 0. The van der Waals surface area contributed by atoms with Crippen LogP contribution >= 0.6 is 24.4 Å². The van der Waals surface area contributed by atoms with E-state index in [2.05, 4.69) is 51.4 Å². The van der Waals surface area contributed by atoms with Gasteiger partial charge in [0.15, 0.2) is 0 Å². The van der Waals surface area contributed by atoms with Gasteiger partial charge in [0.25, 0.3) is 10.3 Å². The van der Waals surface area contributed by atoms with E-state index in [-0.39, 0.29) is 21.0 Å². The fraction of sp³-hybridized carbons (Fsp3) is 0.444. The van der Waals surface area contributed by atoms with Crippen molar-refractivity contribution >= 4 is 34.8 Å². The van der Waals surface area contributed by atoms with Crippen LogP contribution in [0.4, 0.5) is 0 Å². The number of aliphatic hydroxyl groups is 2. The molecule has 0 unspecified atom stereocenters. The van der Waals surface area contributed by atoms with Crippen LogP contribution in [0.2, 0.25) is 0 Å². The number of H-pyrrole nitrogens is 1. The minimum atomic E-state index is -0.500. The number of nitrogens with zero attached hydrogens (tertiary/aromatic N) is 1. The van der Waals surface area contributed by atoms with E-state index in [4.69, 9.17) is 10.2 Å². The molecule has 0 saturated heterocycles. The first-order valence-corrected chi connectivity index (χ1v) is 4.69. The Morgan fingerprint density at radius 3 is 1.47 bits per heavy atom. The Balaban J connectivity index is -0.0000000287. The van der Waals surface area contributed by atoms with Crippen LogP contribution in [0, 0.1) is 0 Å². The van der Waals surface area contributed by atoms with Gasteiger partial charge in [-0.1, -0.05) is 14.9 Å². The Hall–Kier alpha value is -1.49. The maximum Gasteiger partial charge on any atom is 0.251 e. The summed E-state index contributed by atoms with van der Waals surface area (Å²) in [5, 5.41) is 23.1. The summed E-state index contributed by atoms with van der Waals surface area (Å²) in [6.07, 6.45) is 3.46. The van der Waals surface area contributed by atoms with Gasteiger partial charge in [0.05, 0.1) is 0 Å². The molecule has 11 N–H and O–H groups in total. The predicted molar refractivity (Wildman–Crippen MR) is 90.9 cm³/mol. The molecule has 0 aliphatic carbocycles. The van der Waals surface area contributed by atoms with Crippen molar-refractivity contribution in [3.05, 3.63) is 18.5 Å². The SMILES string of the molecule is C.C.CNC.N.NC(O)=S.NC(O)=S.c1cn[nH]c1. The molecule has 0 aliphatic heterocycles. The Morgan fingerprint density at radius 1 is 1.16 bits per heavy atom. The molecule has 1 heterocycles. The fourth-order valence-electron chi connectivity index (χ4n) is 0.215. The van der Waals surface area contributed by atoms with E-state index in [0.29, 0.717) is 0 Å². The smallest absolute Gasteiger partial charge is 0.251 e. The second kappa shape index (κ2) is 36.0. The van der Waals surface area contributed by atoms with Crippen molar-refractivity contribution in [2.45, 2.75) is 14.9 Å². The maximum atomic E-state index is 7.56. The molecule has 0 amide bonds. The van der Waals surface area contributed by atoms with Gasteiger partial charge in [-0.2, -0.15) is 5.10 Å². The van der Waals surface area contributed by atoms with Crippen LogP contribution in [0.3, 0.4) is 0 Å². The number of thiocarbonyl (C=S) groups is 2. The molecule has 0 spiro atoms. The van der Waals surface area contributed by atoms with Gasteiger partial charge in [-0.15, -0.1) is 0 Å². The van der Waals surface area contributed by atoms with Crippen molar-refractivity contribution in [2.24, 2.45) is 11.5 Å². The molecule has 0 aliphatic rings. The topological polar surface area (TPSA) is 168 Å². The molecule has 10 heteroatoms. The van der Waals surface area contributed by atoms with Crippen LogP contribution in [0.15, 0.2) is 18.5 Å². The Morgan fingerprint density at radius 2 is 1.42 bits per heavy atom. The molecule has 1 aromatic heterocycles. The molecule has 1 rings (SSSR count). The zero-order chi connectivity index (χ0) is 13.4. The van der Waals surface area contributed by atoms with Crippen LogP contribution in [-0.4, -0.2) is 44.9 Å². The molecule has 0 fully saturated rings. The van der Waals surface area contributed by atoms with Crippen LogP contribution < -0.4 is 22.9 Å². The predicted octanol–water partition coefficient (Wildman–Crippen LogP) is 1.26. The van der Waals surface area contributed by atoms with Crippen molar-refractivity contribution in [1.82, 2.24) is 21.7 Å². The minimum Gasteiger partial charge on any atom is -0.487 e. The average Bonchev–Trinajstić information content (AvgIpc) is 2.57. The third-order valence-corrected chi connectivity index (χ3v) is 0.406. The minimum absolute atomic E-state index is 0. The highest BCUT2D eigenvalue weighted by molar-refractivity contribution is 7.80. The first-order chi connectivity index (χ1) is 7.38. The number of hydrogen-bond donors (Lipinski definition) is 7. The molecular weight excluding hydrogens is 288 g/mol. The second-order valence-corrected chi connectivity index (χ2v) is 2.78. The zero-order valence-electron chi connectivity index (χ0n) is 9.75. The van der Waals surface area contributed by atoms with Crippen LogP contribution in [0.25, 0.3) is 0 Å². The van der Waals surface area contributed by atoms with Crippen molar-refractivity contribution in [1.29, 1.82) is 0 Å². The molecule has 0 aromatic carbocycles. The lowest BCUT2D eigenvalue weighted by atomic mass is 10.8. The van der Waals surface area contributed by atoms with Gasteiger partial charge in [0.2, 0.25) is 0 Å². The Bertz CT molecular complexity index is 210. The van der Waals surface area contributed by atoms with E-state index < -0.39 is 10.3 Å². The highest BCUT2D eigenvalue weighted by Crippen LogP contribution is 1.64. The first kappa shape index (κ1) is 36.0. The fourth-order valence-corrected chi connectivity index (χ4v) is 0.215. The van der Waals surface area contributed by atoms with Gasteiger partial charge in [-0.3, -0.25) is 5.10 Å². The van der Waals surface area contributed by atoms with Crippen LogP contribution in [0.5, 0.6) is 0 Å². The molecule has 1 aromatic rings. The number of nitrogens with two attached hydrogens (primary N) is 2. The normalized spacial score (nSPS) is 5.58. The summed E-state index contributed by atoms with van der Waals surface area (Å²) >= 11 is 7.74. The van der Waals surface area contributed by atoms with Gasteiger partial charge in [0, 0.05) is 12.4 Å².